The third-order valence-corrected chi connectivity index (χ3v) is 3.55. The van der Waals surface area contributed by atoms with E-state index >= 15 is 0 Å². The lowest BCUT2D eigenvalue weighted by molar-refractivity contribution is -0.142. The van der Waals surface area contributed by atoms with Gasteiger partial charge >= 0.3 is 5.97 Å². The Morgan fingerprint density at radius 2 is 2.40 bits per heavy atom. The van der Waals surface area contributed by atoms with Gasteiger partial charge in [0.2, 0.25) is 11.7 Å². The molecule has 0 N–H and O–H groups in total. The molecule has 0 saturated heterocycles. The molecule has 2 aromatic rings. The van der Waals surface area contributed by atoms with Crippen LogP contribution in [0.5, 0.6) is 0 Å². The first-order valence-corrected chi connectivity index (χ1v) is 7.26. The molecule has 2 rings (SSSR count). The molecule has 0 unspecified atom stereocenters. The fourth-order valence-corrected chi connectivity index (χ4v) is 2.44. The first-order chi connectivity index (χ1) is 9.72. The standard InChI is InChI=1S/C13H17N3O3S/c1-3-6-16(9-12(17)18-2)8-11-14-13(15-19-11)10-5-4-7-20-10/h4-5,7H,3,6,8-9H2,1-2H3. The van der Waals surface area contributed by atoms with Crippen LogP contribution in [0, 0.1) is 0 Å². The molecule has 0 radical (unpaired) electrons. The average molecular weight is 295 g/mol. The molecule has 20 heavy (non-hydrogen) atoms. The number of carbonyl (C=O) groups is 1. The van der Waals surface area contributed by atoms with Gasteiger partial charge in [-0.3, -0.25) is 9.69 Å². The first-order valence-electron chi connectivity index (χ1n) is 6.38. The molecule has 0 atom stereocenters. The van der Waals surface area contributed by atoms with E-state index in [4.69, 9.17) is 4.52 Å². The van der Waals surface area contributed by atoms with Crippen LogP contribution in [0.4, 0.5) is 0 Å². The molecular formula is C13H17N3O3S. The highest BCUT2D eigenvalue weighted by molar-refractivity contribution is 7.13. The van der Waals surface area contributed by atoms with E-state index < -0.39 is 0 Å². The van der Waals surface area contributed by atoms with E-state index in [-0.39, 0.29) is 12.5 Å². The normalized spacial score (nSPS) is 10.9. The maximum absolute atomic E-state index is 11.4. The first kappa shape index (κ1) is 14.7. The van der Waals surface area contributed by atoms with Crippen molar-refractivity contribution in [2.45, 2.75) is 19.9 Å². The van der Waals surface area contributed by atoms with Crippen molar-refractivity contribution in [3.05, 3.63) is 23.4 Å². The number of nitrogens with zero attached hydrogens (tertiary/aromatic N) is 3. The van der Waals surface area contributed by atoms with E-state index in [0.29, 0.717) is 18.3 Å². The van der Waals surface area contributed by atoms with Crippen molar-refractivity contribution in [1.29, 1.82) is 0 Å². The Bertz CT molecular complexity index is 539. The van der Waals surface area contributed by atoms with Crippen LogP contribution in [0.2, 0.25) is 0 Å². The van der Waals surface area contributed by atoms with E-state index in [2.05, 4.69) is 21.8 Å². The Balaban J connectivity index is 2.01. The van der Waals surface area contributed by atoms with Crippen LogP contribution in [-0.2, 0) is 16.1 Å². The SMILES string of the molecule is CCCN(CC(=O)OC)Cc1nc(-c2cccs2)no1. The molecule has 0 aliphatic rings. The van der Waals surface area contributed by atoms with Crippen LogP contribution >= 0.6 is 11.3 Å². The second-order valence-electron chi connectivity index (χ2n) is 4.28. The predicted octanol–water partition coefficient (Wildman–Crippen LogP) is 2.18. The summed E-state index contributed by atoms with van der Waals surface area (Å²) in [6.07, 6.45) is 0.933. The van der Waals surface area contributed by atoms with Crippen molar-refractivity contribution < 1.29 is 14.1 Å². The summed E-state index contributed by atoms with van der Waals surface area (Å²) in [5.74, 6) is 0.826. The molecule has 0 aliphatic heterocycles. The minimum absolute atomic E-state index is 0.223. The van der Waals surface area contributed by atoms with Gasteiger partial charge in [-0.2, -0.15) is 4.98 Å². The van der Waals surface area contributed by atoms with Crippen molar-refractivity contribution in [2.24, 2.45) is 0 Å². The molecule has 0 spiro atoms. The van der Waals surface area contributed by atoms with Crippen LogP contribution in [-0.4, -0.2) is 41.2 Å². The van der Waals surface area contributed by atoms with Crippen molar-refractivity contribution in [2.75, 3.05) is 20.2 Å². The quantitative estimate of drug-likeness (QED) is 0.729. The largest absolute Gasteiger partial charge is 0.468 e. The fourth-order valence-electron chi connectivity index (χ4n) is 1.79. The number of hydrogen-bond acceptors (Lipinski definition) is 7. The Labute approximate surface area is 121 Å². The van der Waals surface area contributed by atoms with Crippen molar-refractivity contribution in [3.63, 3.8) is 0 Å². The topological polar surface area (TPSA) is 68.5 Å². The third kappa shape index (κ3) is 3.88. The van der Waals surface area contributed by atoms with Crippen LogP contribution in [0.3, 0.4) is 0 Å². The van der Waals surface area contributed by atoms with E-state index in [1.807, 2.05) is 22.4 Å². The lowest BCUT2D eigenvalue weighted by Crippen LogP contribution is -2.31. The van der Waals surface area contributed by atoms with E-state index in [0.717, 1.165) is 17.8 Å². The molecule has 0 amide bonds. The van der Waals surface area contributed by atoms with Crippen molar-refractivity contribution in [1.82, 2.24) is 15.0 Å². The zero-order valence-corrected chi connectivity index (χ0v) is 12.4. The average Bonchev–Trinajstić information content (AvgIpc) is 3.08. The van der Waals surface area contributed by atoms with Crippen LogP contribution in [0.15, 0.2) is 22.0 Å². The van der Waals surface area contributed by atoms with Crippen LogP contribution in [0.25, 0.3) is 10.7 Å². The Hall–Kier alpha value is -1.73. The molecule has 7 heteroatoms. The summed E-state index contributed by atoms with van der Waals surface area (Å²) in [5.41, 5.74) is 0. The van der Waals surface area contributed by atoms with Gasteiger partial charge in [-0.25, -0.2) is 0 Å². The zero-order valence-electron chi connectivity index (χ0n) is 11.5. The summed E-state index contributed by atoms with van der Waals surface area (Å²) in [7, 11) is 1.38. The third-order valence-electron chi connectivity index (χ3n) is 2.69. The van der Waals surface area contributed by atoms with Crippen molar-refractivity contribution >= 4 is 17.3 Å². The summed E-state index contributed by atoms with van der Waals surface area (Å²) >= 11 is 1.56. The maximum Gasteiger partial charge on any atom is 0.319 e. The van der Waals surface area contributed by atoms with E-state index in [1.54, 1.807) is 11.3 Å². The molecule has 0 fully saturated rings. The second kappa shape index (κ2) is 7.16. The summed E-state index contributed by atoms with van der Waals surface area (Å²) in [6, 6.07) is 3.88. The molecule has 0 aliphatic carbocycles. The fraction of sp³-hybridized carbons (Fsp3) is 0.462. The molecule has 0 bridgehead atoms. The van der Waals surface area contributed by atoms with Gasteiger partial charge in [0.1, 0.15) is 0 Å². The van der Waals surface area contributed by atoms with Gasteiger partial charge in [0.15, 0.2) is 0 Å². The minimum atomic E-state index is -0.267. The van der Waals surface area contributed by atoms with E-state index in [1.165, 1.54) is 7.11 Å². The van der Waals surface area contributed by atoms with Gasteiger partial charge in [0.25, 0.3) is 0 Å². The van der Waals surface area contributed by atoms with Gasteiger partial charge in [0.05, 0.1) is 25.1 Å². The van der Waals surface area contributed by atoms with Gasteiger partial charge in [0, 0.05) is 0 Å². The molecular weight excluding hydrogens is 278 g/mol. The number of rotatable bonds is 7. The Morgan fingerprint density at radius 3 is 3.05 bits per heavy atom. The molecule has 0 saturated carbocycles. The van der Waals surface area contributed by atoms with Gasteiger partial charge < -0.3 is 9.26 Å². The number of esters is 1. The summed E-state index contributed by atoms with van der Waals surface area (Å²) in [5, 5.41) is 5.92. The number of hydrogen-bond donors (Lipinski definition) is 0. The Morgan fingerprint density at radius 1 is 1.55 bits per heavy atom. The lowest BCUT2D eigenvalue weighted by atomic mass is 10.4. The predicted molar refractivity (Wildman–Crippen MR) is 75.2 cm³/mol. The molecule has 0 aromatic carbocycles. The zero-order chi connectivity index (χ0) is 14.4. The van der Waals surface area contributed by atoms with Gasteiger partial charge in [-0.1, -0.05) is 18.1 Å². The number of thiophene rings is 1. The monoisotopic (exact) mass is 295 g/mol. The molecule has 2 heterocycles. The van der Waals surface area contributed by atoms with Gasteiger partial charge in [-0.05, 0) is 24.4 Å². The number of ether oxygens (including phenoxy) is 1. The van der Waals surface area contributed by atoms with Crippen LogP contribution < -0.4 is 0 Å². The number of carbonyl (C=O) groups excluding carboxylic acids is 1. The summed E-state index contributed by atoms with van der Waals surface area (Å²) < 4.78 is 9.92. The Kier molecular flexibility index (Phi) is 5.25. The summed E-state index contributed by atoms with van der Waals surface area (Å²) in [6.45, 7) is 3.49. The second-order valence-corrected chi connectivity index (χ2v) is 5.22. The lowest BCUT2D eigenvalue weighted by Gasteiger charge is -2.17. The van der Waals surface area contributed by atoms with E-state index in [9.17, 15) is 4.79 Å². The smallest absolute Gasteiger partial charge is 0.319 e. The van der Waals surface area contributed by atoms with Gasteiger partial charge in [-0.15, -0.1) is 11.3 Å². The highest BCUT2D eigenvalue weighted by Crippen LogP contribution is 2.21. The molecule has 108 valence electrons. The highest BCUT2D eigenvalue weighted by Gasteiger charge is 2.15. The highest BCUT2D eigenvalue weighted by atomic mass is 32.1. The van der Waals surface area contributed by atoms with Crippen LogP contribution in [0.1, 0.15) is 19.2 Å². The van der Waals surface area contributed by atoms with Crippen molar-refractivity contribution in [3.8, 4) is 10.7 Å². The minimum Gasteiger partial charge on any atom is -0.468 e. The molecule has 6 nitrogen and oxygen atoms in total. The molecule has 2 aromatic heterocycles. The number of aromatic nitrogens is 2. The summed E-state index contributed by atoms with van der Waals surface area (Å²) in [4.78, 5) is 18.6. The maximum atomic E-state index is 11.4. The number of methoxy groups -OCH3 is 1.